The molecule has 0 radical (unpaired) electrons. The average molecular weight is 363 g/mol. The number of nitrogens with two attached hydrogens (primary N) is 1. The molecule has 2 heterocycles. The van der Waals surface area contributed by atoms with Gasteiger partial charge in [0.25, 0.3) is 0 Å². The van der Waals surface area contributed by atoms with Crippen molar-refractivity contribution < 1.29 is 30.0 Å². The van der Waals surface area contributed by atoms with Crippen molar-refractivity contribution in [3.05, 3.63) is 29.8 Å². The first-order chi connectivity index (χ1) is 8.46. The third-order valence-electron chi connectivity index (χ3n) is 3.43. The number of halogens is 1. The Morgan fingerprint density at radius 1 is 1.26 bits per heavy atom. The van der Waals surface area contributed by atoms with Crippen LogP contribution < -0.4 is 22.7 Å². The third kappa shape index (κ3) is 2.68. The molecule has 4 nitrogen and oxygen atoms in total. The number of rotatable bonds is 1. The van der Waals surface area contributed by atoms with Gasteiger partial charge in [0.2, 0.25) is 0 Å². The van der Waals surface area contributed by atoms with Crippen LogP contribution in [0.5, 0.6) is 0 Å². The van der Waals surface area contributed by atoms with Crippen LogP contribution in [0.25, 0.3) is 0 Å². The second kappa shape index (κ2) is 5.10. The van der Waals surface area contributed by atoms with Crippen molar-refractivity contribution in [2.24, 2.45) is 5.73 Å². The topological polar surface area (TPSA) is 63.2 Å². The maximum absolute atomic E-state index is 11.7. The zero-order valence-corrected chi connectivity index (χ0v) is 13.6. The summed E-state index contributed by atoms with van der Waals surface area (Å²) in [7, 11) is -2.91. The maximum atomic E-state index is 11.7. The lowest BCUT2D eigenvalue weighted by atomic mass is 10.2. The lowest BCUT2D eigenvalue weighted by Crippen LogP contribution is -3.00. The molecule has 0 bridgehead atoms. The van der Waals surface area contributed by atoms with E-state index in [1.807, 2.05) is 35.8 Å². The highest BCUT2D eigenvalue weighted by Crippen LogP contribution is 2.36. The summed E-state index contributed by atoms with van der Waals surface area (Å²) in [6.07, 6.45) is 0. The van der Waals surface area contributed by atoms with E-state index in [0.717, 1.165) is 5.69 Å². The van der Waals surface area contributed by atoms with E-state index in [4.69, 9.17) is 5.73 Å². The standard InChI is InChI=1S/C12H14N2O2S2.BrH/c1-8-2-4-9(5-3-8)14-10-6-18(15,16)7-11(10)17-12(14)13;/h2-5,10-11,13H,6-7H2,1H3;1H. The van der Waals surface area contributed by atoms with Gasteiger partial charge in [-0.3, -0.25) is 5.73 Å². The molecule has 3 rings (SSSR count). The maximum Gasteiger partial charge on any atom is 0.310 e. The average Bonchev–Trinajstić information content (AvgIpc) is 2.70. The van der Waals surface area contributed by atoms with E-state index in [9.17, 15) is 8.42 Å². The van der Waals surface area contributed by atoms with Crippen molar-refractivity contribution in [2.45, 2.75) is 18.2 Å². The molecule has 2 N–H and O–H groups in total. The molecule has 104 valence electrons. The highest BCUT2D eigenvalue weighted by Gasteiger charge is 2.49. The highest BCUT2D eigenvalue weighted by atomic mass is 79.9. The van der Waals surface area contributed by atoms with E-state index in [2.05, 4.69) is 0 Å². The quantitative estimate of drug-likeness (QED) is 0.579. The molecule has 0 amide bonds. The molecule has 1 fully saturated rings. The van der Waals surface area contributed by atoms with Crippen molar-refractivity contribution in [3.8, 4) is 0 Å². The van der Waals surface area contributed by atoms with Crippen molar-refractivity contribution >= 4 is 32.5 Å². The van der Waals surface area contributed by atoms with Gasteiger partial charge in [0.05, 0.1) is 16.8 Å². The minimum Gasteiger partial charge on any atom is -1.00 e. The van der Waals surface area contributed by atoms with Gasteiger partial charge in [-0.25, -0.2) is 13.0 Å². The smallest absolute Gasteiger partial charge is 0.310 e. The fourth-order valence-electron chi connectivity index (χ4n) is 2.55. The molecule has 1 aromatic carbocycles. The Morgan fingerprint density at radius 3 is 2.53 bits per heavy atom. The Morgan fingerprint density at radius 2 is 1.89 bits per heavy atom. The number of hydrogen-bond acceptors (Lipinski definition) is 4. The highest BCUT2D eigenvalue weighted by molar-refractivity contribution is 8.15. The molecule has 2 atom stereocenters. The number of thioether (sulfide) groups is 1. The zero-order chi connectivity index (χ0) is 12.9. The molecule has 2 aliphatic heterocycles. The van der Waals surface area contributed by atoms with Crippen LogP contribution in [0.15, 0.2) is 24.3 Å². The Hall–Kier alpha value is -0.530. The number of amidine groups is 1. The van der Waals surface area contributed by atoms with Crippen LogP contribution in [-0.4, -0.2) is 41.0 Å². The van der Waals surface area contributed by atoms with Gasteiger partial charge < -0.3 is 17.0 Å². The molecule has 0 saturated carbocycles. The predicted octanol–water partition coefficient (Wildman–Crippen LogP) is -2.13. The lowest BCUT2D eigenvalue weighted by molar-refractivity contribution is -0.470. The number of sulfone groups is 1. The summed E-state index contributed by atoms with van der Waals surface area (Å²) in [5.74, 6) is 0.449. The Bertz CT molecular complexity index is 626. The second-order valence-electron chi connectivity index (χ2n) is 4.84. The zero-order valence-electron chi connectivity index (χ0n) is 10.4. The van der Waals surface area contributed by atoms with Crippen molar-refractivity contribution in [1.82, 2.24) is 0 Å². The number of nitrogens with zero attached hydrogens (tertiary/aromatic N) is 1. The van der Waals surface area contributed by atoms with Crippen molar-refractivity contribution in [3.63, 3.8) is 0 Å². The molecule has 2 aliphatic rings. The number of aryl methyl sites for hydroxylation is 1. The summed E-state index contributed by atoms with van der Waals surface area (Å²) in [4.78, 5) is 0. The number of fused-ring (bicyclic) bond motifs is 1. The van der Waals surface area contributed by atoms with Gasteiger partial charge in [-0.15, -0.1) is 0 Å². The van der Waals surface area contributed by atoms with E-state index in [1.165, 1.54) is 17.3 Å². The van der Waals surface area contributed by atoms with Crippen LogP contribution in [-0.2, 0) is 9.84 Å². The second-order valence-corrected chi connectivity index (χ2v) is 8.26. The van der Waals surface area contributed by atoms with Gasteiger partial charge in [-0.2, -0.15) is 0 Å². The largest absolute Gasteiger partial charge is 1.00 e. The lowest BCUT2D eigenvalue weighted by Gasteiger charge is -2.10. The van der Waals surface area contributed by atoms with E-state index >= 15 is 0 Å². The van der Waals surface area contributed by atoms with E-state index in [0.29, 0.717) is 5.17 Å². The Labute approximate surface area is 127 Å². The van der Waals surface area contributed by atoms with Crippen LogP contribution in [0.3, 0.4) is 0 Å². The molecule has 0 aliphatic carbocycles. The SMILES string of the molecule is Cc1ccc([N+]2=C(N)SC3CS(=O)(=O)CC32)cc1.[Br-]. The summed E-state index contributed by atoms with van der Waals surface area (Å²) in [6.45, 7) is 2.03. The van der Waals surface area contributed by atoms with Gasteiger partial charge >= 0.3 is 5.17 Å². The first-order valence-corrected chi connectivity index (χ1v) is 8.52. The van der Waals surface area contributed by atoms with Crippen LogP contribution in [0.1, 0.15) is 5.56 Å². The van der Waals surface area contributed by atoms with Crippen LogP contribution >= 0.6 is 11.8 Å². The van der Waals surface area contributed by atoms with Crippen LogP contribution in [0, 0.1) is 6.92 Å². The number of hydrogen-bond donors (Lipinski definition) is 1. The fraction of sp³-hybridized carbons (Fsp3) is 0.417. The molecule has 1 saturated heterocycles. The third-order valence-corrected chi connectivity index (χ3v) is 6.57. The van der Waals surface area contributed by atoms with E-state index < -0.39 is 9.84 Å². The molecule has 7 heteroatoms. The molecule has 1 aromatic rings. The Kier molecular flexibility index (Phi) is 3.99. The van der Waals surface area contributed by atoms with Gasteiger partial charge in [0, 0.05) is 0 Å². The monoisotopic (exact) mass is 362 g/mol. The first kappa shape index (κ1) is 14.9. The molecular weight excluding hydrogens is 348 g/mol. The summed E-state index contributed by atoms with van der Waals surface area (Å²) in [5, 5.41) is 0.792. The van der Waals surface area contributed by atoms with Crippen molar-refractivity contribution in [1.29, 1.82) is 0 Å². The molecule has 0 spiro atoms. The fourth-order valence-corrected chi connectivity index (χ4v) is 6.37. The predicted molar refractivity (Wildman–Crippen MR) is 74.1 cm³/mol. The summed E-state index contributed by atoms with van der Waals surface area (Å²) in [6, 6.07) is 8.02. The molecule has 2 unspecified atom stereocenters. The molecule has 0 aromatic heterocycles. The summed E-state index contributed by atoms with van der Waals surface area (Å²) >= 11 is 1.49. The molecule has 19 heavy (non-hydrogen) atoms. The number of benzene rings is 1. The summed E-state index contributed by atoms with van der Waals surface area (Å²) in [5.41, 5.74) is 8.20. The van der Waals surface area contributed by atoms with Crippen molar-refractivity contribution in [2.75, 3.05) is 11.5 Å². The summed E-state index contributed by atoms with van der Waals surface area (Å²) < 4.78 is 25.4. The first-order valence-electron chi connectivity index (χ1n) is 5.82. The van der Waals surface area contributed by atoms with Gasteiger partial charge in [0.15, 0.2) is 9.84 Å². The minimum absolute atomic E-state index is 0. The molecular formula is C12H15BrN2O2S2. The van der Waals surface area contributed by atoms with Gasteiger partial charge in [-0.05, 0) is 30.8 Å². The normalized spacial score (nSPS) is 28.1. The van der Waals surface area contributed by atoms with Gasteiger partial charge in [-0.1, -0.05) is 17.7 Å². The van der Waals surface area contributed by atoms with Crippen LogP contribution in [0.4, 0.5) is 5.69 Å². The van der Waals surface area contributed by atoms with E-state index in [-0.39, 0.29) is 39.8 Å². The minimum atomic E-state index is -2.91. The van der Waals surface area contributed by atoms with Crippen LogP contribution in [0.2, 0.25) is 0 Å². The van der Waals surface area contributed by atoms with E-state index in [1.54, 1.807) is 0 Å². The Balaban J connectivity index is 0.00000133. The van der Waals surface area contributed by atoms with Gasteiger partial charge in [0.1, 0.15) is 11.7 Å².